The average molecular weight is 289 g/mol. The first-order valence-electron chi connectivity index (χ1n) is 6.69. The first kappa shape index (κ1) is 16.6. The molecule has 1 atom stereocenters. The second kappa shape index (κ2) is 8.64. The Balaban J connectivity index is 2.76. The zero-order chi connectivity index (χ0) is 15.7. The summed E-state index contributed by atoms with van der Waals surface area (Å²) >= 11 is 0. The topological polar surface area (TPSA) is 68.5 Å². The Kier molecular flexibility index (Phi) is 6.82. The summed E-state index contributed by atoms with van der Waals surface area (Å²) in [5.74, 6) is 0.705. The number of carbonyl (C=O) groups excluding carboxylic acids is 1. The van der Waals surface area contributed by atoms with Crippen molar-refractivity contribution in [2.45, 2.75) is 26.4 Å². The molecule has 0 fully saturated rings. The van der Waals surface area contributed by atoms with Gasteiger partial charge in [0.1, 0.15) is 6.07 Å². The van der Waals surface area contributed by atoms with Crippen LogP contribution in [0.4, 0.5) is 0 Å². The lowest BCUT2D eigenvalue weighted by Crippen LogP contribution is -2.10. The maximum Gasteiger partial charge on any atom is 0.332 e. The number of hydrogen-bond acceptors (Lipinski definition) is 5. The fourth-order valence-electron chi connectivity index (χ4n) is 1.52. The van der Waals surface area contributed by atoms with Crippen molar-refractivity contribution in [3.8, 4) is 17.6 Å². The quantitative estimate of drug-likeness (QED) is 0.570. The molecule has 0 aromatic heterocycles. The van der Waals surface area contributed by atoms with Gasteiger partial charge in [0, 0.05) is 6.08 Å². The average Bonchev–Trinajstić information content (AvgIpc) is 2.50. The van der Waals surface area contributed by atoms with Crippen LogP contribution >= 0.6 is 0 Å². The van der Waals surface area contributed by atoms with Crippen LogP contribution in [-0.4, -0.2) is 25.8 Å². The fourth-order valence-corrected chi connectivity index (χ4v) is 1.52. The first-order chi connectivity index (χ1) is 10.1. The lowest BCUT2D eigenvalue weighted by Gasteiger charge is -2.10. The van der Waals surface area contributed by atoms with E-state index < -0.39 is 12.1 Å². The summed E-state index contributed by atoms with van der Waals surface area (Å²) in [6.45, 7) is 4.15. The number of nitrogens with zero attached hydrogens (tertiary/aromatic N) is 1. The molecule has 0 unspecified atom stereocenters. The van der Waals surface area contributed by atoms with Crippen molar-refractivity contribution in [3.63, 3.8) is 0 Å². The Bertz CT molecular complexity index is 546. The summed E-state index contributed by atoms with van der Waals surface area (Å²) in [4.78, 5) is 11.4. The van der Waals surface area contributed by atoms with Gasteiger partial charge in [-0.05, 0) is 37.1 Å². The molecule has 0 bridgehead atoms. The molecule has 112 valence electrons. The van der Waals surface area contributed by atoms with Crippen molar-refractivity contribution in [1.29, 1.82) is 5.26 Å². The van der Waals surface area contributed by atoms with E-state index in [-0.39, 0.29) is 0 Å². The third kappa shape index (κ3) is 5.57. The maximum absolute atomic E-state index is 11.4. The molecule has 5 heteroatoms. The molecular formula is C16H19NO4. The third-order valence-electron chi connectivity index (χ3n) is 2.54. The fraction of sp³-hybridized carbons (Fsp3) is 0.375. The van der Waals surface area contributed by atoms with Crippen LogP contribution < -0.4 is 9.47 Å². The summed E-state index contributed by atoms with van der Waals surface area (Å²) in [5, 5.41) is 8.56. The van der Waals surface area contributed by atoms with Crippen LogP contribution in [0.3, 0.4) is 0 Å². The van der Waals surface area contributed by atoms with Crippen molar-refractivity contribution in [1.82, 2.24) is 0 Å². The normalized spacial score (nSPS) is 11.7. The van der Waals surface area contributed by atoms with Crippen molar-refractivity contribution in [3.05, 3.63) is 29.8 Å². The summed E-state index contributed by atoms with van der Waals surface area (Å²) in [6, 6.07) is 7.19. The van der Waals surface area contributed by atoms with Crippen LogP contribution in [0.5, 0.6) is 11.5 Å². The van der Waals surface area contributed by atoms with E-state index in [2.05, 4.69) is 0 Å². The predicted octanol–water partition coefficient (Wildman–Crippen LogP) is 2.95. The molecule has 0 aliphatic rings. The van der Waals surface area contributed by atoms with Crippen molar-refractivity contribution < 1.29 is 19.0 Å². The maximum atomic E-state index is 11.4. The third-order valence-corrected chi connectivity index (χ3v) is 2.54. The number of benzene rings is 1. The summed E-state index contributed by atoms with van der Waals surface area (Å²) < 4.78 is 15.6. The number of carbonyl (C=O) groups is 1. The van der Waals surface area contributed by atoms with Crippen molar-refractivity contribution in [2.24, 2.45) is 0 Å². The predicted molar refractivity (Wildman–Crippen MR) is 79.0 cm³/mol. The highest BCUT2D eigenvalue weighted by Crippen LogP contribution is 2.28. The van der Waals surface area contributed by atoms with E-state index in [0.29, 0.717) is 18.1 Å². The van der Waals surface area contributed by atoms with Gasteiger partial charge in [0.2, 0.25) is 0 Å². The smallest absolute Gasteiger partial charge is 0.332 e. The van der Waals surface area contributed by atoms with E-state index in [0.717, 1.165) is 12.0 Å². The molecule has 0 radical (unpaired) electrons. The lowest BCUT2D eigenvalue weighted by atomic mass is 10.2. The number of methoxy groups -OCH3 is 1. The standard InChI is InChI=1S/C16H19NO4/c1-4-9-20-14-7-5-13(10-15(14)19-3)6-8-16(18)21-12(2)11-17/h5-8,10,12H,4,9H2,1-3H3/b8-6+/t12-/m1/s1. The van der Waals surface area contributed by atoms with Gasteiger partial charge in [-0.3, -0.25) is 0 Å². The van der Waals surface area contributed by atoms with Crippen LogP contribution in [0.1, 0.15) is 25.8 Å². The van der Waals surface area contributed by atoms with E-state index in [1.165, 1.54) is 13.0 Å². The Hall–Kier alpha value is -2.48. The highest BCUT2D eigenvalue weighted by molar-refractivity contribution is 5.87. The number of esters is 1. The molecule has 0 amide bonds. The first-order valence-corrected chi connectivity index (χ1v) is 6.69. The minimum Gasteiger partial charge on any atom is -0.493 e. The molecule has 1 aromatic carbocycles. The van der Waals surface area contributed by atoms with Crippen LogP contribution in [-0.2, 0) is 9.53 Å². The van der Waals surface area contributed by atoms with Gasteiger partial charge in [0.05, 0.1) is 13.7 Å². The second-order valence-corrected chi connectivity index (χ2v) is 4.30. The van der Waals surface area contributed by atoms with E-state index in [1.807, 2.05) is 19.1 Å². The summed E-state index contributed by atoms with van der Waals surface area (Å²) in [7, 11) is 1.56. The van der Waals surface area contributed by atoms with Gasteiger partial charge in [0.25, 0.3) is 0 Å². The van der Waals surface area contributed by atoms with E-state index in [1.54, 1.807) is 25.3 Å². The molecule has 0 saturated carbocycles. The van der Waals surface area contributed by atoms with E-state index in [4.69, 9.17) is 19.5 Å². The molecule has 0 aliphatic heterocycles. The number of nitriles is 1. The molecular weight excluding hydrogens is 270 g/mol. The molecule has 0 heterocycles. The SMILES string of the molecule is CCCOc1ccc(/C=C/C(=O)O[C@H](C)C#N)cc1OC. The minimum absolute atomic E-state index is 0.561. The molecule has 1 aromatic rings. The Labute approximate surface area is 124 Å². The van der Waals surface area contributed by atoms with Crippen molar-refractivity contribution >= 4 is 12.0 Å². The van der Waals surface area contributed by atoms with Gasteiger partial charge in [-0.15, -0.1) is 0 Å². The minimum atomic E-state index is -0.762. The van der Waals surface area contributed by atoms with Crippen molar-refractivity contribution in [2.75, 3.05) is 13.7 Å². The number of hydrogen-bond donors (Lipinski definition) is 0. The van der Waals surface area contributed by atoms with Gasteiger partial charge in [-0.25, -0.2) is 4.79 Å². The van der Waals surface area contributed by atoms with Crippen LogP contribution in [0.2, 0.25) is 0 Å². The monoisotopic (exact) mass is 289 g/mol. The van der Waals surface area contributed by atoms with E-state index >= 15 is 0 Å². The molecule has 0 N–H and O–H groups in total. The number of rotatable bonds is 7. The zero-order valence-corrected chi connectivity index (χ0v) is 12.5. The second-order valence-electron chi connectivity index (χ2n) is 4.30. The summed E-state index contributed by atoms with van der Waals surface area (Å²) in [5.41, 5.74) is 0.775. The Morgan fingerprint density at radius 1 is 1.43 bits per heavy atom. The van der Waals surface area contributed by atoms with Gasteiger partial charge in [0.15, 0.2) is 17.6 Å². The molecule has 21 heavy (non-hydrogen) atoms. The van der Waals surface area contributed by atoms with Gasteiger partial charge in [-0.2, -0.15) is 5.26 Å². The largest absolute Gasteiger partial charge is 0.493 e. The highest BCUT2D eigenvalue weighted by atomic mass is 16.5. The highest BCUT2D eigenvalue weighted by Gasteiger charge is 2.06. The van der Waals surface area contributed by atoms with Gasteiger partial charge in [-0.1, -0.05) is 13.0 Å². The van der Waals surface area contributed by atoms with Crippen LogP contribution in [0.25, 0.3) is 6.08 Å². The molecule has 0 saturated heterocycles. The molecule has 0 spiro atoms. The Morgan fingerprint density at radius 3 is 2.81 bits per heavy atom. The lowest BCUT2D eigenvalue weighted by molar-refractivity contribution is -0.139. The van der Waals surface area contributed by atoms with Gasteiger partial charge < -0.3 is 14.2 Å². The van der Waals surface area contributed by atoms with Gasteiger partial charge >= 0.3 is 5.97 Å². The summed E-state index contributed by atoms with van der Waals surface area (Å²) in [6.07, 6.45) is 3.02. The van der Waals surface area contributed by atoms with Crippen LogP contribution in [0.15, 0.2) is 24.3 Å². The molecule has 5 nitrogen and oxygen atoms in total. The Morgan fingerprint density at radius 2 is 2.19 bits per heavy atom. The van der Waals surface area contributed by atoms with Crippen LogP contribution in [0, 0.1) is 11.3 Å². The zero-order valence-electron chi connectivity index (χ0n) is 12.5. The molecule has 0 aliphatic carbocycles. The molecule has 1 rings (SSSR count). The number of ether oxygens (including phenoxy) is 3. The van der Waals surface area contributed by atoms with E-state index in [9.17, 15) is 4.79 Å².